The van der Waals surface area contributed by atoms with Crippen LogP contribution < -0.4 is 0 Å². The van der Waals surface area contributed by atoms with Gasteiger partial charge in [-0.2, -0.15) is 0 Å². The molecule has 0 unspecified atom stereocenters. The predicted octanol–water partition coefficient (Wildman–Crippen LogP) is 3.32. The summed E-state index contributed by atoms with van der Waals surface area (Å²) in [7, 11) is 0. The van der Waals surface area contributed by atoms with E-state index in [0.29, 0.717) is 5.56 Å². The smallest absolute Gasteiger partial charge is 0.339 e. The van der Waals surface area contributed by atoms with Crippen molar-refractivity contribution in [1.82, 2.24) is 5.16 Å². The van der Waals surface area contributed by atoms with Crippen molar-refractivity contribution in [2.75, 3.05) is 0 Å². The van der Waals surface area contributed by atoms with E-state index in [-0.39, 0.29) is 17.1 Å². The molecule has 0 saturated carbocycles. The molecule has 82 valence electrons. The van der Waals surface area contributed by atoms with Crippen LogP contribution in [0.4, 0.5) is 5.69 Å². The third kappa shape index (κ3) is 1.83. The molecule has 0 atom stereocenters. The molecule has 5 nitrogen and oxygen atoms in total. The van der Waals surface area contributed by atoms with Gasteiger partial charge in [0, 0.05) is 17.0 Å². The van der Waals surface area contributed by atoms with Gasteiger partial charge in [-0.25, -0.2) is 0 Å². The number of hydrogen-bond donors (Lipinski definition) is 0. The van der Waals surface area contributed by atoms with Crippen LogP contribution in [0.3, 0.4) is 0 Å². The second-order valence-corrected chi connectivity index (χ2v) is 4.12. The van der Waals surface area contributed by atoms with Gasteiger partial charge in [-0.3, -0.25) is 10.1 Å². The Morgan fingerprint density at radius 2 is 2.25 bits per heavy atom. The minimum Gasteiger partial charge on any atom is -0.354 e. The summed E-state index contributed by atoms with van der Waals surface area (Å²) in [4.78, 5) is 10.4. The Balaban J connectivity index is 2.60. The Hall–Kier alpha value is -1.69. The first-order chi connectivity index (χ1) is 7.59. The van der Waals surface area contributed by atoms with Crippen LogP contribution in [0.5, 0.6) is 0 Å². The maximum atomic E-state index is 10.9. The van der Waals surface area contributed by atoms with E-state index in [1.54, 1.807) is 18.2 Å². The molecular formula is C10H7BrN2O3. The second kappa shape index (κ2) is 4.05. The molecule has 0 aliphatic carbocycles. The van der Waals surface area contributed by atoms with E-state index in [1.165, 1.54) is 6.92 Å². The number of nitro groups is 1. The molecule has 0 saturated heterocycles. The molecule has 0 aliphatic heterocycles. The van der Waals surface area contributed by atoms with Gasteiger partial charge in [0.2, 0.25) is 5.76 Å². The number of hydrogen-bond acceptors (Lipinski definition) is 4. The molecular weight excluding hydrogens is 276 g/mol. The Morgan fingerprint density at radius 3 is 2.88 bits per heavy atom. The summed E-state index contributed by atoms with van der Waals surface area (Å²) in [5, 5.41) is 14.6. The lowest BCUT2D eigenvalue weighted by Gasteiger charge is -1.96. The van der Waals surface area contributed by atoms with Gasteiger partial charge in [-0.1, -0.05) is 33.2 Å². The maximum Gasteiger partial charge on any atom is 0.339 e. The SMILES string of the molecule is Cc1onc(-c2cccc(Br)c2)c1[N+](=O)[O-]. The Morgan fingerprint density at radius 1 is 1.50 bits per heavy atom. The first-order valence-corrected chi connectivity index (χ1v) is 5.25. The quantitative estimate of drug-likeness (QED) is 0.626. The van der Waals surface area contributed by atoms with E-state index >= 15 is 0 Å². The topological polar surface area (TPSA) is 69.2 Å². The van der Waals surface area contributed by atoms with Crippen molar-refractivity contribution >= 4 is 21.6 Å². The summed E-state index contributed by atoms with van der Waals surface area (Å²) in [6.07, 6.45) is 0. The lowest BCUT2D eigenvalue weighted by atomic mass is 10.1. The van der Waals surface area contributed by atoms with E-state index in [2.05, 4.69) is 21.1 Å². The van der Waals surface area contributed by atoms with Crippen molar-refractivity contribution in [2.24, 2.45) is 0 Å². The molecule has 0 aliphatic rings. The maximum absolute atomic E-state index is 10.9. The zero-order valence-electron chi connectivity index (χ0n) is 8.31. The minimum atomic E-state index is -0.484. The van der Waals surface area contributed by atoms with Gasteiger partial charge < -0.3 is 4.52 Å². The largest absolute Gasteiger partial charge is 0.354 e. The van der Waals surface area contributed by atoms with Crippen LogP contribution in [-0.2, 0) is 0 Å². The standard InChI is InChI=1S/C10H7BrN2O3/c1-6-10(13(14)15)9(12-16-6)7-3-2-4-8(11)5-7/h2-5H,1H3. The molecule has 0 bridgehead atoms. The zero-order chi connectivity index (χ0) is 11.7. The first kappa shape index (κ1) is 10.8. The van der Waals surface area contributed by atoms with E-state index in [0.717, 1.165) is 4.47 Å². The summed E-state index contributed by atoms with van der Waals surface area (Å²) in [5.41, 5.74) is 0.819. The van der Waals surface area contributed by atoms with Crippen molar-refractivity contribution in [3.05, 3.63) is 44.6 Å². The van der Waals surface area contributed by atoms with Crippen LogP contribution in [0.2, 0.25) is 0 Å². The fraction of sp³-hybridized carbons (Fsp3) is 0.100. The highest BCUT2D eigenvalue weighted by Gasteiger charge is 2.25. The number of benzene rings is 1. The molecule has 0 amide bonds. The fourth-order valence-corrected chi connectivity index (χ4v) is 1.81. The fourth-order valence-electron chi connectivity index (χ4n) is 1.41. The van der Waals surface area contributed by atoms with Gasteiger partial charge in [0.15, 0.2) is 5.69 Å². The highest BCUT2D eigenvalue weighted by molar-refractivity contribution is 9.10. The van der Waals surface area contributed by atoms with Gasteiger partial charge in [-0.15, -0.1) is 0 Å². The van der Waals surface area contributed by atoms with E-state index in [9.17, 15) is 10.1 Å². The number of halogens is 1. The van der Waals surface area contributed by atoms with Crippen molar-refractivity contribution in [1.29, 1.82) is 0 Å². The first-order valence-electron chi connectivity index (χ1n) is 4.46. The van der Waals surface area contributed by atoms with Crippen LogP contribution in [0.25, 0.3) is 11.3 Å². The number of aryl methyl sites for hydroxylation is 1. The van der Waals surface area contributed by atoms with Gasteiger partial charge in [0.25, 0.3) is 0 Å². The molecule has 2 aromatic rings. The van der Waals surface area contributed by atoms with Crippen LogP contribution in [0, 0.1) is 17.0 Å². The number of nitrogens with zero attached hydrogens (tertiary/aromatic N) is 2. The third-order valence-electron chi connectivity index (χ3n) is 2.11. The lowest BCUT2D eigenvalue weighted by Crippen LogP contribution is -1.91. The van der Waals surface area contributed by atoms with E-state index in [4.69, 9.17) is 4.52 Å². The highest BCUT2D eigenvalue weighted by atomic mass is 79.9. The van der Waals surface area contributed by atoms with Gasteiger partial charge in [-0.05, 0) is 12.1 Å². The minimum absolute atomic E-state index is 0.0851. The molecule has 1 heterocycles. The van der Waals surface area contributed by atoms with Gasteiger partial charge >= 0.3 is 5.69 Å². The molecule has 0 fully saturated rings. The van der Waals surface area contributed by atoms with Crippen LogP contribution in [-0.4, -0.2) is 10.1 Å². The molecule has 16 heavy (non-hydrogen) atoms. The molecule has 0 radical (unpaired) electrons. The summed E-state index contributed by atoms with van der Waals surface area (Å²) < 4.78 is 5.68. The van der Waals surface area contributed by atoms with E-state index in [1.807, 2.05) is 6.07 Å². The van der Waals surface area contributed by atoms with Gasteiger partial charge in [0.05, 0.1) is 4.92 Å². The predicted molar refractivity (Wildman–Crippen MR) is 61.0 cm³/mol. The average Bonchev–Trinajstić information content (AvgIpc) is 2.60. The van der Waals surface area contributed by atoms with Crippen molar-refractivity contribution < 1.29 is 9.45 Å². The molecule has 1 aromatic carbocycles. The van der Waals surface area contributed by atoms with Gasteiger partial charge in [0.1, 0.15) is 0 Å². The molecule has 1 aromatic heterocycles. The van der Waals surface area contributed by atoms with E-state index < -0.39 is 4.92 Å². The Labute approximate surface area is 99.3 Å². The Kier molecular flexibility index (Phi) is 2.74. The molecule has 0 N–H and O–H groups in total. The molecule has 6 heteroatoms. The highest BCUT2D eigenvalue weighted by Crippen LogP contribution is 2.32. The summed E-state index contributed by atoms with van der Waals surface area (Å²) in [5.74, 6) is 0.208. The lowest BCUT2D eigenvalue weighted by molar-refractivity contribution is -0.385. The molecule has 2 rings (SSSR count). The normalized spacial score (nSPS) is 10.4. The summed E-state index contributed by atoms with van der Waals surface area (Å²) in [6, 6.07) is 7.12. The van der Waals surface area contributed by atoms with Crippen molar-refractivity contribution in [2.45, 2.75) is 6.92 Å². The molecule has 0 spiro atoms. The van der Waals surface area contributed by atoms with Crippen LogP contribution in [0.1, 0.15) is 5.76 Å². The summed E-state index contributed by atoms with van der Waals surface area (Å²) in [6.45, 7) is 1.52. The van der Waals surface area contributed by atoms with Crippen LogP contribution >= 0.6 is 15.9 Å². The second-order valence-electron chi connectivity index (χ2n) is 3.20. The monoisotopic (exact) mass is 282 g/mol. The van der Waals surface area contributed by atoms with Crippen LogP contribution in [0.15, 0.2) is 33.3 Å². The third-order valence-corrected chi connectivity index (χ3v) is 2.61. The number of rotatable bonds is 2. The average molecular weight is 283 g/mol. The Bertz CT molecular complexity index is 551. The van der Waals surface area contributed by atoms with Crippen molar-refractivity contribution in [3.63, 3.8) is 0 Å². The number of aromatic nitrogens is 1. The summed E-state index contributed by atoms with van der Waals surface area (Å²) >= 11 is 3.30. The van der Waals surface area contributed by atoms with Crippen molar-refractivity contribution in [3.8, 4) is 11.3 Å². The zero-order valence-corrected chi connectivity index (χ0v) is 9.89.